The van der Waals surface area contributed by atoms with Crippen molar-refractivity contribution >= 4 is 5.91 Å². The monoisotopic (exact) mass is 238 g/mol. The summed E-state index contributed by atoms with van der Waals surface area (Å²) in [5, 5.41) is 6.58. The Kier molecular flexibility index (Phi) is 4.43. The third-order valence-electron chi connectivity index (χ3n) is 4.71. The molecule has 2 rings (SSSR count). The Morgan fingerprint density at radius 1 is 1.29 bits per heavy atom. The molecule has 98 valence electrons. The van der Waals surface area contributed by atoms with E-state index in [1.807, 2.05) is 0 Å². The lowest BCUT2D eigenvalue weighted by atomic mass is 9.93. The molecule has 17 heavy (non-hydrogen) atoms. The van der Waals surface area contributed by atoms with Gasteiger partial charge in [-0.1, -0.05) is 26.7 Å². The summed E-state index contributed by atoms with van der Waals surface area (Å²) >= 11 is 0. The van der Waals surface area contributed by atoms with Gasteiger partial charge in [-0.15, -0.1) is 0 Å². The molecule has 4 atom stereocenters. The van der Waals surface area contributed by atoms with Gasteiger partial charge >= 0.3 is 0 Å². The Morgan fingerprint density at radius 3 is 2.71 bits per heavy atom. The van der Waals surface area contributed by atoms with Gasteiger partial charge in [-0.2, -0.15) is 0 Å². The van der Waals surface area contributed by atoms with E-state index in [0.717, 1.165) is 25.3 Å². The van der Waals surface area contributed by atoms with Gasteiger partial charge in [0.1, 0.15) is 0 Å². The zero-order valence-corrected chi connectivity index (χ0v) is 11.2. The summed E-state index contributed by atoms with van der Waals surface area (Å²) in [5.74, 6) is 1.69. The lowest BCUT2D eigenvalue weighted by Crippen LogP contribution is -2.50. The minimum atomic E-state index is 0.0663. The highest BCUT2D eigenvalue weighted by atomic mass is 16.2. The average molecular weight is 238 g/mol. The van der Waals surface area contributed by atoms with Crippen molar-refractivity contribution in [3.8, 4) is 0 Å². The number of piperidine rings is 1. The number of rotatable bonds is 3. The van der Waals surface area contributed by atoms with Crippen LogP contribution in [0.5, 0.6) is 0 Å². The van der Waals surface area contributed by atoms with E-state index < -0.39 is 0 Å². The molecule has 2 fully saturated rings. The lowest BCUT2D eigenvalue weighted by molar-refractivity contribution is -0.124. The minimum absolute atomic E-state index is 0.0663. The molecule has 0 radical (unpaired) electrons. The molecule has 3 nitrogen and oxygen atoms in total. The van der Waals surface area contributed by atoms with E-state index in [0.29, 0.717) is 12.0 Å². The highest BCUT2D eigenvalue weighted by molar-refractivity contribution is 5.82. The summed E-state index contributed by atoms with van der Waals surface area (Å²) in [6, 6.07) is 0.479. The number of hydrogen-bond donors (Lipinski definition) is 2. The van der Waals surface area contributed by atoms with Crippen molar-refractivity contribution in [3.63, 3.8) is 0 Å². The van der Waals surface area contributed by atoms with E-state index in [2.05, 4.69) is 24.5 Å². The van der Waals surface area contributed by atoms with Gasteiger partial charge < -0.3 is 10.6 Å². The van der Waals surface area contributed by atoms with Gasteiger partial charge in [0.05, 0.1) is 6.04 Å². The maximum atomic E-state index is 12.1. The molecule has 1 heterocycles. The quantitative estimate of drug-likeness (QED) is 0.790. The average Bonchev–Trinajstić information content (AvgIpc) is 2.71. The smallest absolute Gasteiger partial charge is 0.237 e. The molecule has 1 aliphatic heterocycles. The normalized spacial score (nSPS) is 38.0. The predicted molar refractivity (Wildman–Crippen MR) is 69.8 cm³/mol. The Balaban J connectivity index is 1.82. The highest BCUT2D eigenvalue weighted by Gasteiger charge is 2.33. The first-order valence-electron chi connectivity index (χ1n) is 7.26. The van der Waals surface area contributed by atoms with Crippen LogP contribution in [0.25, 0.3) is 0 Å². The first-order valence-corrected chi connectivity index (χ1v) is 7.26. The fourth-order valence-electron chi connectivity index (χ4n) is 3.39. The SMILES string of the molecule is CCC1CCC(NC(=O)[C@@H]2CCCCN2)C1C. The van der Waals surface area contributed by atoms with Crippen molar-refractivity contribution in [2.24, 2.45) is 11.8 Å². The standard InChI is InChI=1S/C14H26N2O/c1-3-11-7-8-12(10(11)2)16-14(17)13-6-4-5-9-15-13/h10-13,15H,3-9H2,1-2H3,(H,16,17)/t10?,11?,12?,13-/m0/s1. The Labute approximate surface area is 105 Å². The zero-order valence-electron chi connectivity index (χ0n) is 11.2. The Hall–Kier alpha value is -0.570. The number of carbonyl (C=O) groups excluding carboxylic acids is 1. The number of nitrogens with one attached hydrogen (secondary N) is 2. The van der Waals surface area contributed by atoms with Crippen LogP contribution in [-0.2, 0) is 4.79 Å². The minimum Gasteiger partial charge on any atom is -0.352 e. The third kappa shape index (κ3) is 3.01. The molecule has 1 amide bonds. The van der Waals surface area contributed by atoms with Gasteiger partial charge in [-0.3, -0.25) is 4.79 Å². The first-order chi connectivity index (χ1) is 8.22. The molecule has 0 aromatic rings. The van der Waals surface area contributed by atoms with E-state index in [9.17, 15) is 4.79 Å². The van der Waals surface area contributed by atoms with E-state index in [1.165, 1.54) is 25.7 Å². The highest BCUT2D eigenvalue weighted by Crippen LogP contribution is 2.33. The van der Waals surface area contributed by atoms with Crippen molar-refractivity contribution in [2.75, 3.05) is 6.54 Å². The summed E-state index contributed by atoms with van der Waals surface area (Å²) in [4.78, 5) is 12.1. The Bertz CT molecular complexity index is 261. The first kappa shape index (κ1) is 12.9. The second-order valence-corrected chi connectivity index (χ2v) is 5.72. The van der Waals surface area contributed by atoms with Crippen molar-refractivity contribution in [1.82, 2.24) is 10.6 Å². The van der Waals surface area contributed by atoms with Crippen molar-refractivity contribution in [1.29, 1.82) is 0 Å². The van der Waals surface area contributed by atoms with E-state index in [4.69, 9.17) is 0 Å². The fraction of sp³-hybridized carbons (Fsp3) is 0.929. The van der Waals surface area contributed by atoms with Gasteiger partial charge in [-0.05, 0) is 44.1 Å². The van der Waals surface area contributed by atoms with Crippen LogP contribution in [0.4, 0.5) is 0 Å². The third-order valence-corrected chi connectivity index (χ3v) is 4.71. The molecule has 1 aliphatic carbocycles. The van der Waals surface area contributed by atoms with Crippen molar-refractivity contribution in [2.45, 2.75) is 64.5 Å². The molecular formula is C14H26N2O. The Morgan fingerprint density at radius 2 is 2.12 bits per heavy atom. The van der Waals surface area contributed by atoms with Crippen LogP contribution in [0.15, 0.2) is 0 Å². The van der Waals surface area contributed by atoms with E-state index >= 15 is 0 Å². The maximum Gasteiger partial charge on any atom is 0.237 e. The summed E-state index contributed by atoms with van der Waals surface area (Å²) in [6.45, 7) is 5.55. The van der Waals surface area contributed by atoms with Gasteiger partial charge in [0.15, 0.2) is 0 Å². The summed E-state index contributed by atoms with van der Waals surface area (Å²) in [5.41, 5.74) is 0. The fourth-order valence-corrected chi connectivity index (χ4v) is 3.39. The predicted octanol–water partition coefficient (Wildman–Crippen LogP) is 2.07. The molecule has 3 unspecified atom stereocenters. The zero-order chi connectivity index (χ0) is 12.3. The van der Waals surface area contributed by atoms with Gasteiger partial charge in [0, 0.05) is 6.04 Å². The van der Waals surface area contributed by atoms with E-state index in [-0.39, 0.29) is 11.9 Å². The van der Waals surface area contributed by atoms with Crippen LogP contribution in [0, 0.1) is 11.8 Å². The maximum absolute atomic E-state index is 12.1. The number of carbonyl (C=O) groups is 1. The molecule has 1 saturated heterocycles. The number of hydrogen-bond acceptors (Lipinski definition) is 2. The number of amides is 1. The summed E-state index contributed by atoms with van der Waals surface area (Å²) in [6.07, 6.45) is 7.09. The van der Waals surface area contributed by atoms with Crippen molar-refractivity contribution in [3.05, 3.63) is 0 Å². The van der Waals surface area contributed by atoms with Crippen LogP contribution >= 0.6 is 0 Å². The second-order valence-electron chi connectivity index (χ2n) is 5.72. The topological polar surface area (TPSA) is 41.1 Å². The molecule has 0 bridgehead atoms. The van der Waals surface area contributed by atoms with Crippen molar-refractivity contribution < 1.29 is 4.79 Å². The van der Waals surface area contributed by atoms with Gasteiger partial charge in [0.25, 0.3) is 0 Å². The molecule has 0 spiro atoms. The molecule has 3 heteroatoms. The van der Waals surface area contributed by atoms with E-state index in [1.54, 1.807) is 0 Å². The molecule has 0 aromatic heterocycles. The van der Waals surface area contributed by atoms with Crippen LogP contribution < -0.4 is 10.6 Å². The van der Waals surface area contributed by atoms with Crippen LogP contribution in [0.2, 0.25) is 0 Å². The van der Waals surface area contributed by atoms with Crippen LogP contribution in [0.3, 0.4) is 0 Å². The van der Waals surface area contributed by atoms with Crippen LogP contribution in [-0.4, -0.2) is 24.5 Å². The van der Waals surface area contributed by atoms with Gasteiger partial charge in [0.2, 0.25) is 5.91 Å². The molecular weight excluding hydrogens is 212 g/mol. The largest absolute Gasteiger partial charge is 0.352 e. The van der Waals surface area contributed by atoms with Gasteiger partial charge in [-0.25, -0.2) is 0 Å². The molecule has 2 N–H and O–H groups in total. The second kappa shape index (κ2) is 5.85. The molecule has 1 saturated carbocycles. The summed E-state index contributed by atoms with van der Waals surface area (Å²) < 4.78 is 0. The van der Waals surface area contributed by atoms with Crippen LogP contribution in [0.1, 0.15) is 52.4 Å². The molecule has 0 aromatic carbocycles. The lowest BCUT2D eigenvalue weighted by Gasteiger charge is -2.26. The molecule has 2 aliphatic rings. The summed E-state index contributed by atoms with van der Waals surface area (Å²) in [7, 11) is 0.